The smallest absolute Gasteiger partial charge is 0.228 e. The Morgan fingerprint density at radius 3 is 2.68 bits per heavy atom. The first-order valence-electron chi connectivity index (χ1n) is 10.1. The van der Waals surface area contributed by atoms with Crippen molar-refractivity contribution in [2.24, 2.45) is 5.41 Å². The van der Waals surface area contributed by atoms with Crippen LogP contribution in [-0.2, 0) is 16.0 Å². The number of hydrogen-bond donors (Lipinski definition) is 1. The Labute approximate surface area is 167 Å². The van der Waals surface area contributed by atoms with Crippen LogP contribution in [0.1, 0.15) is 38.2 Å². The van der Waals surface area contributed by atoms with Crippen LogP contribution in [0.4, 0.5) is 0 Å². The minimum atomic E-state index is -0.576. The van der Waals surface area contributed by atoms with Gasteiger partial charge in [-0.15, -0.1) is 0 Å². The van der Waals surface area contributed by atoms with Crippen molar-refractivity contribution in [2.45, 2.75) is 39.0 Å². The van der Waals surface area contributed by atoms with Crippen molar-refractivity contribution in [1.29, 1.82) is 0 Å². The van der Waals surface area contributed by atoms with Crippen molar-refractivity contribution in [3.63, 3.8) is 0 Å². The molecule has 2 amide bonds. The van der Waals surface area contributed by atoms with Crippen LogP contribution in [0.15, 0.2) is 48.8 Å². The molecule has 1 fully saturated rings. The van der Waals surface area contributed by atoms with Crippen LogP contribution >= 0.6 is 0 Å². The van der Waals surface area contributed by atoms with E-state index < -0.39 is 5.41 Å². The highest BCUT2D eigenvalue weighted by molar-refractivity contribution is 5.85. The number of nitrogens with one attached hydrogen (secondary N) is 1. The molecule has 148 valence electrons. The zero-order valence-electron chi connectivity index (χ0n) is 16.8. The van der Waals surface area contributed by atoms with E-state index in [4.69, 9.17) is 0 Å². The van der Waals surface area contributed by atoms with Crippen LogP contribution in [0, 0.1) is 5.41 Å². The van der Waals surface area contributed by atoms with E-state index >= 15 is 0 Å². The maximum atomic E-state index is 12.9. The molecule has 1 unspecified atom stereocenters. The lowest BCUT2D eigenvalue weighted by Crippen LogP contribution is -2.53. The standard InChI is InChI=1S/C23H29N3O2/c1-3-6-21(27)26-14-5-11-23(17-26,22(28)24-2)16-18-7-4-8-20(15-18)19-9-12-25-13-10-19/h4,7-10,12-13,15H,3,5-6,11,14,16-17H2,1-2H3,(H,24,28). The average molecular weight is 380 g/mol. The number of benzene rings is 1. The van der Waals surface area contributed by atoms with Crippen molar-refractivity contribution in [3.05, 3.63) is 54.4 Å². The van der Waals surface area contributed by atoms with E-state index in [1.54, 1.807) is 19.4 Å². The third-order valence-corrected chi connectivity index (χ3v) is 5.59. The summed E-state index contributed by atoms with van der Waals surface area (Å²) >= 11 is 0. The number of pyridine rings is 1. The van der Waals surface area contributed by atoms with Gasteiger partial charge in [0.05, 0.1) is 5.41 Å². The number of nitrogens with zero attached hydrogens (tertiary/aromatic N) is 2. The van der Waals surface area contributed by atoms with Crippen molar-refractivity contribution in [1.82, 2.24) is 15.2 Å². The van der Waals surface area contributed by atoms with Gasteiger partial charge in [0.2, 0.25) is 11.8 Å². The Kier molecular flexibility index (Phi) is 6.45. The lowest BCUT2D eigenvalue weighted by molar-refractivity contribution is -0.141. The molecular formula is C23H29N3O2. The molecule has 1 aromatic carbocycles. The second-order valence-corrected chi connectivity index (χ2v) is 7.64. The van der Waals surface area contributed by atoms with Crippen molar-refractivity contribution in [2.75, 3.05) is 20.1 Å². The minimum absolute atomic E-state index is 0.0239. The molecule has 1 aromatic heterocycles. The van der Waals surface area contributed by atoms with Gasteiger partial charge in [-0.25, -0.2) is 0 Å². The van der Waals surface area contributed by atoms with Gasteiger partial charge < -0.3 is 10.2 Å². The maximum Gasteiger partial charge on any atom is 0.228 e. The molecule has 0 aliphatic carbocycles. The second kappa shape index (κ2) is 9.00. The van der Waals surface area contributed by atoms with Gasteiger partial charge in [-0.3, -0.25) is 14.6 Å². The highest BCUT2D eigenvalue weighted by atomic mass is 16.2. The summed E-state index contributed by atoms with van der Waals surface area (Å²) in [5.74, 6) is 0.178. The lowest BCUT2D eigenvalue weighted by Gasteiger charge is -2.41. The fourth-order valence-electron chi connectivity index (χ4n) is 4.19. The number of piperidine rings is 1. The zero-order valence-corrected chi connectivity index (χ0v) is 16.8. The lowest BCUT2D eigenvalue weighted by atomic mass is 9.74. The molecule has 2 aromatic rings. The third-order valence-electron chi connectivity index (χ3n) is 5.59. The van der Waals surface area contributed by atoms with E-state index in [0.717, 1.165) is 42.5 Å². The van der Waals surface area contributed by atoms with Crippen LogP contribution < -0.4 is 5.32 Å². The predicted octanol–water partition coefficient (Wildman–Crippen LogP) is 3.45. The highest BCUT2D eigenvalue weighted by Gasteiger charge is 2.42. The number of aromatic nitrogens is 1. The number of amides is 2. The van der Waals surface area contributed by atoms with E-state index in [9.17, 15) is 9.59 Å². The Morgan fingerprint density at radius 2 is 1.96 bits per heavy atom. The molecule has 1 atom stereocenters. The minimum Gasteiger partial charge on any atom is -0.359 e. The normalized spacial score (nSPS) is 19.3. The fourth-order valence-corrected chi connectivity index (χ4v) is 4.19. The molecule has 0 saturated carbocycles. The Hall–Kier alpha value is -2.69. The Bertz CT molecular complexity index is 822. The number of carbonyl (C=O) groups is 2. The second-order valence-electron chi connectivity index (χ2n) is 7.64. The molecule has 0 bridgehead atoms. The predicted molar refractivity (Wildman–Crippen MR) is 111 cm³/mol. The van der Waals surface area contributed by atoms with E-state index in [1.165, 1.54) is 0 Å². The monoisotopic (exact) mass is 379 g/mol. The summed E-state index contributed by atoms with van der Waals surface area (Å²) in [7, 11) is 1.68. The maximum absolute atomic E-state index is 12.9. The topological polar surface area (TPSA) is 62.3 Å². The van der Waals surface area contributed by atoms with Gasteiger partial charge in [0.25, 0.3) is 0 Å². The average Bonchev–Trinajstić information content (AvgIpc) is 2.74. The first-order valence-corrected chi connectivity index (χ1v) is 10.1. The summed E-state index contributed by atoms with van der Waals surface area (Å²) in [6.07, 6.45) is 7.22. The van der Waals surface area contributed by atoms with Crippen molar-refractivity contribution < 1.29 is 9.59 Å². The summed E-state index contributed by atoms with van der Waals surface area (Å²) in [6, 6.07) is 12.3. The number of carbonyl (C=O) groups excluding carboxylic acids is 2. The molecule has 5 heteroatoms. The van der Waals surface area contributed by atoms with Crippen LogP contribution in [-0.4, -0.2) is 41.8 Å². The van der Waals surface area contributed by atoms with Gasteiger partial charge in [-0.1, -0.05) is 31.2 Å². The molecule has 2 heterocycles. The number of hydrogen-bond acceptors (Lipinski definition) is 3. The van der Waals surface area contributed by atoms with E-state index in [0.29, 0.717) is 19.4 Å². The number of rotatable bonds is 6. The quantitative estimate of drug-likeness (QED) is 0.836. The van der Waals surface area contributed by atoms with Crippen LogP contribution in [0.3, 0.4) is 0 Å². The van der Waals surface area contributed by atoms with Gasteiger partial charge in [0.15, 0.2) is 0 Å². The van der Waals surface area contributed by atoms with Gasteiger partial charge in [-0.2, -0.15) is 0 Å². The summed E-state index contributed by atoms with van der Waals surface area (Å²) in [5, 5.41) is 2.85. The van der Waals surface area contributed by atoms with Gasteiger partial charge in [0, 0.05) is 39.0 Å². The summed E-state index contributed by atoms with van der Waals surface area (Å²) in [6.45, 7) is 3.25. The highest BCUT2D eigenvalue weighted by Crippen LogP contribution is 2.35. The fraction of sp³-hybridized carbons (Fsp3) is 0.435. The zero-order chi connectivity index (χ0) is 20.0. The molecule has 0 spiro atoms. The molecule has 1 aliphatic rings. The first-order chi connectivity index (χ1) is 13.6. The molecule has 1 aliphatic heterocycles. The summed E-state index contributed by atoms with van der Waals surface area (Å²) in [4.78, 5) is 31.4. The largest absolute Gasteiger partial charge is 0.359 e. The van der Waals surface area contributed by atoms with Crippen molar-refractivity contribution in [3.8, 4) is 11.1 Å². The van der Waals surface area contributed by atoms with Gasteiger partial charge in [0.1, 0.15) is 0 Å². The Morgan fingerprint density at radius 1 is 1.18 bits per heavy atom. The Balaban J connectivity index is 1.87. The number of likely N-dealkylation sites (tertiary alicyclic amines) is 1. The van der Waals surface area contributed by atoms with E-state index in [2.05, 4.69) is 28.5 Å². The van der Waals surface area contributed by atoms with Crippen LogP contribution in [0.2, 0.25) is 0 Å². The summed E-state index contributed by atoms with van der Waals surface area (Å²) in [5.41, 5.74) is 2.76. The molecule has 0 radical (unpaired) electrons. The molecule has 5 nitrogen and oxygen atoms in total. The SMILES string of the molecule is CCCC(=O)N1CCCC(Cc2cccc(-c3ccncc3)c2)(C(=O)NC)C1. The molecule has 1 N–H and O–H groups in total. The molecule has 1 saturated heterocycles. The molecular weight excluding hydrogens is 350 g/mol. The van der Waals surface area contributed by atoms with Gasteiger partial charge >= 0.3 is 0 Å². The van der Waals surface area contributed by atoms with E-state index in [1.807, 2.05) is 30.0 Å². The first kappa shape index (κ1) is 20.1. The van der Waals surface area contributed by atoms with Crippen molar-refractivity contribution >= 4 is 11.8 Å². The van der Waals surface area contributed by atoms with E-state index in [-0.39, 0.29) is 11.8 Å². The summed E-state index contributed by atoms with van der Waals surface area (Å²) < 4.78 is 0. The van der Waals surface area contributed by atoms with Crippen LogP contribution in [0.5, 0.6) is 0 Å². The molecule has 28 heavy (non-hydrogen) atoms. The molecule has 3 rings (SSSR count). The van der Waals surface area contributed by atoms with Gasteiger partial charge in [-0.05, 0) is 54.5 Å². The third kappa shape index (κ3) is 4.41. The van der Waals surface area contributed by atoms with Crippen LogP contribution in [0.25, 0.3) is 11.1 Å².